The second-order valence-electron chi connectivity index (χ2n) is 3.36. The third-order valence-corrected chi connectivity index (χ3v) is 2.52. The number of halogens is 2. The molecule has 0 saturated carbocycles. The molecule has 1 aliphatic carbocycles. The molecular formula is C10H10F2O. The molecule has 1 aromatic rings. The van der Waals surface area contributed by atoms with Crippen LogP contribution in [0, 0.1) is 11.6 Å². The molecule has 1 nitrogen and oxygen atoms in total. The van der Waals surface area contributed by atoms with Crippen molar-refractivity contribution in [3.63, 3.8) is 0 Å². The standard InChI is InChI=1S/C10H10F2O/c11-8-5-9(13)6-3-1-2-4-7(6)10(8)12/h5,13H,1-4H2. The predicted octanol–water partition coefficient (Wildman–Crippen LogP) is 2.55. The molecule has 0 radical (unpaired) electrons. The maximum atomic E-state index is 13.2. The van der Waals surface area contributed by atoms with Crippen molar-refractivity contribution in [3.05, 3.63) is 28.8 Å². The Balaban J connectivity index is 2.63. The first-order chi connectivity index (χ1) is 6.20. The predicted molar refractivity (Wildman–Crippen MR) is 44.7 cm³/mol. The van der Waals surface area contributed by atoms with Gasteiger partial charge in [-0.2, -0.15) is 0 Å². The van der Waals surface area contributed by atoms with Gasteiger partial charge in [0.2, 0.25) is 0 Å². The highest BCUT2D eigenvalue weighted by atomic mass is 19.2. The van der Waals surface area contributed by atoms with Crippen molar-refractivity contribution < 1.29 is 13.9 Å². The molecule has 0 amide bonds. The van der Waals surface area contributed by atoms with Gasteiger partial charge >= 0.3 is 0 Å². The average Bonchev–Trinajstić information content (AvgIpc) is 2.15. The summed E-state index contributed by atoms with van der Waals surface area (Å²) in [7, 11) is 0. The Labute approximate surface area is 75.0 Å². The zero-order chi connectivity index (χ0) is 9.42. The van der Waals surface area contributed by atoms with Crippen LogP contribution in [0.5, 0.6) is 5.75 Å². The first-order valence-electron chi connectivity index (χ1n) is 4.39. The Morgan fingerprint density at radius 1 is 1.08 bits per heavy atom. The molecule has 1 aliphatic rings. The lowest BCUT2D eigenvalue weighted by Crippen LogP contribution is -2.07. The quantitative estimate of drug-likeness (QED) is 0.657. The molecule has 1 aromatic carbocycles. The molecule has 0 aromatic heterocycles. The van der Waals surface area contributed by atoms with E-state index in [1.165, 1.54) is 0 Å². The molecule has 2 rings (SSSR count). The smallest absolute Gasteiger partial charge is 0.162 e. The SMILES string of the molecule is Oc1cc(F)c(F)c2c1CCCC2. The van der Waals surface area contributed by atoms with Crippen LogP contribution in [0.15, 0.2) is 6.07 Å². The van der Waals surface area contributed by atoms with E-state index in [9.17, 15) is 13.9 Å². The van der Waals surface area contributed by atoms with Crippen LogP contribution in [0.25, 0.3) is 0 Å². The van der Waals surface area contributed by atoms with E-state index in [4.69, 9.17) is 0 Å². The van der Waals surface area contributed by atoms with Crippen LogP contribution in [0.2, 0.25) is 0 Å². The Morgan fingerprint density at radius 2 is 1.69 bits per heavy atom. The molecule has 0 aliphatic heterocycles. The third kappa shape index (κ3) is 1.28. The van der Waals surface area contributed by atoms with Crippen LogP contribution in [-0.4, -0.2) is 5.11 Å². The van der Waals surface area contributed by atoms with Crippen molar-refractivity contribution in [2.75, 3.05) is 0 Å². The molecule has 0 fully saturated rings. The highest BCUT2D eigenvalue weighted by molar-refractivity contribution is 5.42. The number of rotatable bonds is 0. The molecule has 0 atom stereocenters. The zero-order valence-electron chi connectivity index (χ0n) is 7.11. The second kappa shape index (κ2) is 2.98. The lowest BCUT2D eigenvalue weighted by molar-refractivity contribution is 0.434. The van der Waals surface area contributed by atoms with Crippen LogP contribution in [0.1, 0.15) is 24.0 Å². The molecular weight excluding hydrogens is 174 g/mol. The van der Waals surface area contributed by atoms with E-state index in [0.717, 1.165) is 18.9 Å². The zero-order valence-corrected chi connectivity index (χ0v) is 7.11. The molecule has 0 heterocycles. The van der Waals surface area contributed by atoms with Crippen molar-refractivity contribution in [3.8, 4) is 5.75 Å². The lowest BCUT2D eigenvalue weighted by Gasteiger charge is -2.17. The summed E-state index contributed by atoms with van der Waals surface area (Å²) in [5.74, 6) is -1.83. The molecule has 0 spiro atoms. The summed E-state index contributed by atoms with van der Waals surface area (Å²) in [5.41, 5.74) is 0.953. The lowest BCUT2D eigenvalue weighted by atomic mass is 9.90. The van der Waals surface area contributed by atoms with Gasteiger partial charge < -0.3 is 5.11 Å². The Bertz CT molecular complexity index is 347. The normalized spacial score (nSPS) is 15.5. The van der Waals surface area contributed by atoms with Gasteiger partial charge in [0.25, 0.3) is 0 Å². The van der Waals surface area contributed by atoms with Crippen molar-refractivity contribution in [1.82, 2.24) is 0 Å². The average molecular weight is 184 g/mol. The molecule has 0 unspecified atom stereocenters. The minimum atomic E-state index is -0.946. The monoisotopic (exact) mass is 184 g/mol. The number of aromatic hydroxyl groups is 1. The summed E-state index contributed by atoms with van der Waals surface area (Å²) >= 11 is 0. The van der Waals surface area contributed by atoms with E-state index in [1.54, 1.807) is 0 Å². The molecule has 3 heteroatoms. The number of hydrogen-bond acceptors (Lipinski definition) is 1. The number of phenols is 1. The van der Waals surface area contributed by atoms with E-state index in [-0.39, 0.29) is 5.75 Å². The van der Waals surface area contributed by atoms with Gasteiger partial charge in [-0.1, -0.05) is 0 Å². The Kier molecular flexibility index (Phi) is 1.94. The first-order valence-corrected chi connectivity index (χ1v) is 4.39. The van der Waals surface area contributed by atoms with Crippen molar-refractivity contribution in [2.45, 2.75) is 25.7 Å². The number of fused-ring (bicyclic) bond motifs is 1. The van der Waals surface area contributed by atoms with Gasteiger partial charge in [-0.15, -0.1) is 0 Å². The van der Waals surface area contributed by atoms with E-state index in [1.807, 2.05) is 0 Å². The summed E-state index contributed by atoms with van der Waals surface area (Å²) in [6, 6.07) is 0.861. The highest BCUT2D eigenvalue weighted by Gasteiger charge is 2.20. The third-order valence-electron chi connectivity index (χ3n) is 2.52. The Morgan fingerprint density at radius 3 is 2.38 bits per heavy atom. The van der Waals surface area contributed by atoms with Gasteiger partial charge in [0, 0.05) is 11.6 Å². The maximum absolute atomic E-state index is 13.2. The van der Waals surface area contributed by atoms with Crippen molar-refractivity contribution >= 4 is 0 Å². The van der Waals surface area contributed by atoms with Crippen LogP contribution < -0.4 is 0 Å². The fourth-order valence-corrected chi connectivity index (χ4v) is 1.84. The van der Waals surface area contributed by atoms with Crippen LogP contribution in [0.3, 0.4) is 0 Å². The number of phenolic OH excluding ortho intramolecular Hbond substituents is 1. The summed E-state index contributed by atoms with van der Waals surface area (Å²) in [6.07, 6.45) is 2.99. The first kappa shape index (κ1) is 8.48. The van der Waals surface area contributed by atoms with Crippen LogP contribution >= 0.6 is 0 Å². The number of benzene rings is 1. The van der Waals surface area contributed by atoms with E-state index < -0.39 is 11.6 Å². The summed E-state index contributed by atoms with van der Waals surface area (Å²) in [5, 5.41) is 9.35. The van der Waals surface area contributed by atoms with E-state index >= 15 is 0 Å². The van der Waals surface area contributed by atoms with Gasteiger partial charge in [-0.05, 0) is 31.2 Å². The van der Waals surface area contributed by atoms with Gasteiger partial charge in [0.1, 0.15) is 5.75 Å². The highest BCUT2D eigenvalue weighted by Crippen LogP contribution is 2.32. The molecule has 0 saturated heterocycles. The summed E-state index contributed by atoms with van der Waals surface area (Å²) in [6.45, 7) is 0. The minimum Gasteiger partial charge on any atom is -0.508 e. The topological polar surface area (TPSA) is 20.2 Å². The van der Waals surface area contributed by atoms with Gasteiger partial charge in [-0.25, -0.2) is 8.78 Å². The molecule has 70 valence electrons. The summed E-state index contributed by atoms with van der Waals surface area (Å²) < 4.78 is 26.0. The van der Waals surface area contributed by atoms with Crippen molar-refractivity contribution in [2.24, 2.45) is 0 Å². The molecule has 13 heavy (non-hydrogen) atoms. The fraction of sp³-hybridized carbons (Fsp3) is 0.400. The van der Waals surface area contributed by atoms with Gasteiger partial charge in [0.05, 0.1) is 0 Å². The van der Waals surface area contributed by atoms with Gasteiger partial charge in [-0.3, -0.25) is 0 Å². The largest absolute Gasteiger partial charge is 0.508 e. The summed E-state index contributed by atoms with van der Waals surface area (Å²) in [4.78, 5) is 0. The molecule has 1 N–H and O–H groups in total. The van der Waals surface area contributed by atoms with Crippen LogP contribution in [0.4, 0.5) is 8.78 Å². The Hall–Kier alpha value is -1.12. The molecule has 0 bridgehead atoms. The minimum absolute atomic E-state index is 0.103. The number of hydrogen-bond donors (Lipinski definition) is 1. The van der Waals surface area contributed by atoms with Crippen LogP contribution in [-0.2, 0) is 12.8 Å². The van der Waals surface area contributed by atoms with E-state index in [2.05, 4.69) is 0 Å². The second-order valence-corrected chi connectivity index (χ2v) is 3.36. The van der Waals surface area contributed by atoms with Gasteiger partial charge in [0.15, 0.2) is 11.6 Å². The van der Waals surface area contributed by atoms with E-state index in [0.29, 0.717) is 24.0 Å². The fourth-order valence-electron chi connectivity index (χ4n) is 1.84. The maximum Gasteiger partial charge on any atom is 0.162 e. The van der Waals surface area contributed by atoms with Crippen molar-refractivity contribution in [1.29, 1.82) is 0 Å².